The van der Waals surface area contributed by atoms with E-state index in [1.54, 1.807) is 11.3 Å². The summed E-state index contributed by atoms with van der Waals surface area (Å²) >= 11 is 1.60. The van der Waals surface area contributed by atoms with E-state index >= 15 is 0 Å². The number of nitrogens with zero attached hydrogens (tertiary/aromatic N) is 3. The fraction of sp³-hybridized carbons (Fsp3) is 0.500. The van der Waals surface area contributed by atoms with Crippen LogP contribution in [0.1, 0.15) is 28.6 Å². The largest absolute Gasteiger partial charge is 0.369 e. The third-order valence-electron chi connectivity index (χ3n) is 5.96. The van der Waals surface area contributed by atoms with Crippen LogP contribution in [0.5, 0.6) is 0 Å². The summed E-state index contributed by atoms with van der Waals surface area (Å²) in [6.45, 7) is 11.3. The Morgan fingerprint density at radius 3 is 2.46 bits per heavy atom. The van der Waals surface area contributed by atoms with Gasteiger partial charge in [-0.3, -0.25) is 4.79 Å². The maximum absolute atomic E-state index is 12.8. The van der Waals surface area contributed by atoms with E-state index in [1.165, 1.54) is 11.3 Å². The van der Waals surface area contributed by atoms with E-state index in [0.29, 0.717) is 6.54 Å². The SMILES string of the molecule is CCN1CCN(c2ccc(-c3cc(C)c(C(=O)N4CC[C@H](N)C4)s3)cc2)CC1. The van der Waals surface area contributed by atoms with Crippen LogP contribution in [-0.4, -0.2) is 67.6 Å². The summed E-state index contributed by atoms with van der Waals surface area (Å²) in [4.78, 5) is 21.7. The lowest BCUT2D eigenvalue weighted by Crippen LogP contribution is -2.46. The van der Waals surface area contributed by atoms with Crippen molar-refractivity contribution < 1.29 is 4.79 Å². The van der Waals surface area contributed by atoms with E-state index < -0.39 is 0 Å². The van der Waals surface area contributed by atoms with Crippen LogP contribution in [0.25, 0.3) is 10.4 Å². The summed E-state index contributed by atoms with van der Waals surface area (Å²) in [5, 5.41) is 0. The number of hydrogen-bond donors (Lipinski definition) is 1. The van der Waals surface area contributed by atoms with E-state index in [4.69, 9.17) is 5.73 Å². The van der Waals surface area contributed by atoms with Crippen molar-refractivity contribution in [3.63, 3.8) is 0 Å². The Morgan fingerprint density at radius 2 is 1.86 bits per heavy atom. The molecule has 0 bridgehead atoms. The van der Waals surface area contributed by atoms with Crippen molar-refractivity contribution in [3.05, 3.63) is 40.8 Å². The first-order chi connectivity index (χ1) is 13.5. The van der Waals surface area contributed by atoms with Gasteiger partial charge in [0.2, 0.25) is 0 Å². The molecule has 5 nitrogen and oxygen atoms in total. The van der Waals surface area contributed by atoms with E-state index in [9.17, 15) is 4.79 Å². The topological polar surface area (TPSA) is 52.8 Å². The van der Waals surface area contributed by atoms with Crippen molar-refractivity contribution >= 4 is 22.9 Å². The average Bonchev–Trinajstić information content (AvgIpc) is 3.33. The molecule has 0 spiro atoms. The molecule has 6 heteroatoms. The number of amides is 1. The zero-order valence-electron chi connectivity index (χ0n) is 16.9. The molecule has 2 aliphatic rings. The molecule has 1 aromatic carbocycles. The van der Waals surface area contributed by atoms with Crippen molar-refractivity contribution in [3.8, 4) is 10.4 Å². The van der Waals surface area contributed by atoms with Crippen molar-refractivity contribution in [2.24, 2.45) is 5.73 Å². The fourth-order valence-corrected chi connectivity index (χ4v) is 5.26. The van der Waals surface area contributed by atoms with Crippen LogP contribution in [0.3, 0.4) is 0 Å². The summed E-state index contributed by atoms with van der Waals surface area (Å²) in [6.07, 6.45) is 0.900. The van der Waals surface area contributed by atoms with Gasteiger partial charge in [0.1, 0.15) is 0 Å². The lowest BCUT2D eigenvalue weighted by Gasteiger charge is -2.35. The number of carbonyl (C=O) groups is 1. The summed E-state index contributed by atoms with van der Waals surface area (Å²) in [7, 11) is 0. The number of anilines is 1. The number of thiophene rings is 1. The quantitative estimate of drug-likeness (QED) is 0.860. The highest BCUT2D eigenvalue weighted by atomic mass is 32.1. The van der Waals surface area contributed by atoms with Gasteiger partial charge in [0.05, 0.1) is 4.88 Å². The van der Waals surface area contributed by atoms with E-state index in [0.717, 1.165) is 61.0 Å². The minimum Gasteiger partial charge on any atom is -0.369 e. The molecule has 2 aromatic rings. The molecule has 4 rings (SSSR count). The van der Waals surface area contributed by atoms with Crippen LogP contribution in [0.15, 0.2) is 30.3 Å². The first-order valence-electron chi connectivity index (χ1n) is 10.3. The molecular formula is C22H30N4OS. The molecule has 2 saturated heterocycles. The van der Waals surface area contributed by atoms with Gasteiger partial charge in [-0.15, -0.1) is 11.3 Å². The maximum Gasteiger partial charge on any atom is 0.264 e. The highest BCUT2D eigenvalue weighted by molar-refractivity contribution is 7.17. The Labute approximate surface area is 171 Å². The van der Waals surface area contributed by atoms with Crippen LogP contribution in [0.4, 0.5) is 5.69 Å². The van der Waals surface area contributed by atoms with Crippen molar-refractivity contribution in [2.75, 3.05) is 50.7 Å². The van der Waals surface area contributed by atoms with Gasteiger partial charge in [0.25, 0.3) is 5.91 Å². The highest BCUT2D eigenvalue weighted by Gasteiger charge is 2.27. The molecular weight excluding hydrogens is 368 g/mol. The molecule has 28 heavy (non-hydrogen) atoms. The predicted molar refractivity (Wildman–Crippen MR) is 117 cm³/mol. The first-order valence-corrected chi connectivity index (χ1v) is 11.1. The molecule has 2 aliphatic heterocycles. The normalized spacial score (nSPS) is 20.8. The number of nitrogens with two attached hydrogens (primary N) is 1. The summed E-state index contributed by atoms with van der Waals surface area (Å²) in [5.74, 6) is 0.132. The number of likely N-dealkylation sites (N-methyl/N-ethyl adjacent to an activating group) is 1. The second kappa shape index (κ2) is 8.23. The minimum absolute atomic E-state index is 0.121. The maximum atomic E-state index is 12.8. The fourth-order valence-electron chi connectivity index (χ4n) is 4.11. The van der Waals surface area contributed by atoms with Crippen molar-refractivity contribution in [2.45, 2.75) is 26.3 Å². The molecule has 0 aliphatic carbocycles. The summed E-state index contributed by atoms with van der Waals surface area (Å²) < 4.78 is 0. The average molecular weight is 399 g/mol. The van der Waals surface area contributed by atoms with Gasteiger partial charge in [0, 0.05) is 55.9 Å². The van der Waals surface area contributed by atoms with E-state index in [2.05, 4.69) is 47.1 Å². The number of hydrogen-bond acceptors (Lipinski definition) is 5. The molecule has 150 valence electrons. The highest BCUT2D eigenvalue weighted by Crippen LogP contribution is 2.33. The van der Waals surface area contributed by atoms with Crippen LogP contribution >= 0.6 is 11.3 Å². The Kier molecular flexibility index (Phi) is 5.71. The van der Waals surface area contributed by atoms with Crippen LogP contribution in [0, 0.1) is 6.92 Å². The molecule has 2 N–H and O–H groups in total. The number of benzene rings is 1. The zero-order valence-corrected chi connectivity index (χ0v) is 17.7. The van der Waals surface area contributed by atoms with Gasteiger partial charge in [-0.2, -0.15) is 0 Å². The first kappa shape index (κ1) is 19.4. The van der Waals surface area contributed by atoms with Crippen molar-refractivity contribution in [1.82, 2.24) is 9.80 Å². The van der Waals surface area contributed by atoms with Gasteiger partial charge in [0.15, 0.2) is 0 Å². The predicted octanol–water partition coefficient (Wildman–Crippen LogP) is 3.04. The summed E-state index contributed by atoms with van der Waals surface area (Å²) in [6, 6.07) is 11.1. The second-order valence-corrected chi connectivity index (χ2v) is 8.94. The molecule has 1 aromatic heterocycles. The Bertz CT molecular complexity index is 824. The smallest absolute Gasteiger partial charge is 0.264 e. The Morgan fingerprint density at radius 1 is 1.14 bits per heavy atom. The van der Waals surface area contributed by atoms with Crippen LogP contribution in [-0.2, 0) is 0 Å². The molecule has 1 amide bonds. The molecule has 1 atom stereocenters. The van der Waals surface area contributed by atoms with Crippen LogP contribution < -0.4 is 10.6 Å². The Hall–Kier alpha value is -1.89. The second-order valence-electron chi connectivity index (χ2n) is 7.89. The Balaban J connectivity index is 1.47. The molecule has 0 radical (unpaired) electrons. The van der Waals surface area contributed by atoms with Crippen molar-refractivity contribution in [1.29, 1.82) is 0 Å². The summed E-state index contributed by atoms with van der Waals surface area (Å²) in [5.41, 5.74) is 9.50. The molecule has 0 saturated carbocycles. The third kappa shape index (κ3) is 3.95. The third-order valence-corrected chi connectivity index (χ3v) is 7.23. The molecule has 2 fully saturated rings. The number of rotatable bonds is 4. The van der Waals surface area contributed by atoms with Gasteiger partial charge in [-0.25, -0.2) is 0 Å². The number of piperazine rings is 1. The standard InChI is InChI=1S/C22H30N4OS/c1-3-24-10-12-25(13-11-24)19-6-4-17(5-7-19)20-14-16(2)21(28-20)22(27)26-9-8-18(23)15-26/h4-7,14,18H,3,8-13,15,23H2,1-2H3/t18-/m0/s1. The molecule has 3 heterocycles. The lowest BCUT2D eigenvalue weighted by atomic mass is 10.1. The monoisotopic (exact) mass is 398 g/mol. The minimum atomic E-state index is 0.121. The lowest BCUT2D eigenvalue weighted by molar-refractivity contribution is 0.0795. The molecule has 0 unspecified atom stereocenters. The number of aryl methyl sites for hydroxylation is 1. The number of carbonyl (C=O) groups excluding carboxylic acids is 1. The zero-order chi connectivity index (χ0) is 19.7. The van der Waals surface area contributed by atoms with Gasteiger partial charge in [-0.1, -0.05) is 19.1 Å². The van der Waals surface area contributed by atoms with Crippen LogP contribution in [0.2, 0.25) is 0 Å². The van der Waals surface area contributed by atoms with Gasteiger partial charge in [-0.05, 0) is 49.2 Å². The van der Waals surface area contributed by atoms with E-state index in [1.807, 2.05) is 11.8 Å². The number of likely N-dealkylation sites (tertiary alicyclic amines) is 1. The van der Waals surface area contributed by atoms with Gasteiger partial charge >= 0.3 is 0 Å². The van der Waals surface area contributed by atoms with E-state index in [-0.39, 0.29) is 11.9 Å². The van der Waals surface area contributed by atoms with Gasteiger partial charge < -0.3 is 20.4 Å².